The summed E-state index contributed by atoms with van der Waals surface area (Å²) in [6.07, 6.45) is 5.18. The fourth-order valence-corrected chi connectivity index (χ4v) is 3.18. The maximum absolute atomic E-state index is 2.47. The van der Waals surface area contributed by atoms with Gasteiger partial charge in [-0.1, -0.05) is 45.0 Å². The third-order valence-electron chi connectivity index (χ3n) is 4.00. The summed E-state index contributed by atoms with van der Waals surface area (Å²) in [7, 11) is 2.25. The molecule has 1 aromatic rings. The average Bonchev–Trinajstić information content (AvgIpc) is 2.30. The minimum atomic E-state index is 0.383. The zero-order chi connectivity index (χ0) is 13.9. The fourth-order valence-electron chi connectivity index (χ4n) is 3.18. The van der Waals surface area contributed by atoms with Gasteiger partial charge in [0.2, 0.25) is 0 Å². The number of piperidine rings is 1. The molecule has 0 amide bonds. The van der Waals surface area contributed by atoms with Gasteiger partial charge in [0.1, 0.15) is 0 Å². The molecule has 1 heteroatoms. The van der Waals surface area contributed by atoms with Crippen molar-refractivity contribution < 1.29 is 0 Å². The van der Waals surface area contributed by atoms with Crippen LogP contribution in [0, 0.1) is 11.3 Å². The SMILES string of the molecule is CN1CCCC(Cc2ccc(CC(C)(C)C)cc2)C1. The van der Waals surface area contributed by atoms with Crippen LogP contribution in [-0.4, -0.2) is 25.0 Å². The summed E-state index contributed by atoms with van der Waals surface area (Å²) in [6.45, 7) is 9.46. The lowest BCUT2D eigenvalue weighted by molar-refractivity contribution is 0.209. The molecule has 2 rings (SSSR count). The first kappa shape index (κ1) is 14.6. The lowest BCUT2D eigenvalue weighted by Gasteiger charge is -2.29. The van der Waals surface area contributed by atoms with Crippen LogP contribution in [0.25, 0.3) is 0 Å². The standard InChI is InChI=1S/C18H29N/c1-18(2,3)13-16-9-7-15(8-10-16)12-17-6-5-11-19(4)14-17/h7-10,17H,5-6,11-14H2,1-4H3. The summed E-state index contributed by atoms with van der Waals surface area (Å²) in [4.78, 5) is 2.47. The zero-order valence-corrected chi connectivity index (χ0v) is 13.1. The second-order valence-corrected chi connectivity index (χ2v) is 7.53. The highest BCUT2D eigenvalue weighted by Crippen LogP contribution is 2.23. The van der Waals surface area contributed by atoms with Gasteiger partial charge in [-0.05, 0) is 61.7 Å². The van der Waals surface area contributed by atoms with E-state index in [2.05, 4.69) is 57.0 Å². The Hall–Kier alpha value is -0.820. The van der Waals surface area contributed by atoms with Gasteiger partial charge in [0.15, 0.2) is 0 Å². The normalized spacial score (nSPS) is 21.6. The van der Waals surface area contributed by atoms with Crippen LogP contribution in [0.1, 0.15) is 44.7 Å². The van der Waals surface area contributed by atoms with Crippen LogP contribution in [0.15, 0.2) is 24.3 Å². The molecule has 106 valence electrons. The van der Waals surface area contributed by atoms with E-state index in [1.807, 2.05) is 0 Å². The van der Waals surface area contributed by atoms with E-state index in [-0.39, 0.29) is 0 Å². The predicted molar refractivity (Wildman–Crippen MR) is 83.5 cm³/mol. The summed E-state index contributed by atoms with van der Waals surface area (Å²) in [5.74, 6) is 0.854. The van der Waals surface area contributed by atoms with E-state index < -0.39 is 0 Å². The van der Waals surface area contributed by atoms with Crippen molar-refractivity contribution in [1.29, 1.82) is 0 Å². The van der Waals surface area contributed by atoms with Crippen molar-refractivity contribution in [3.05, 3.63) is 35.4 Å². The molecule has 1 aliphatic heterocycles. The number of hydrogen-bond donors (Lipinski definition) is 0. The van der Waals surface area contributed by atoms with Crippen molar-refractivity contribution in [3.8, 4) is 0 Å². The van der Waals surface area contributed by atoms with Crippen molar-refractivity contribution in [2.24, 2.45) is 11.3 Å². The first-order chi connectivity index (χ1) is 8.92. The summed E-state index contributed by atoms with van der Waals surface area (Å²) < 4.78 is 0. The van der Waals surface area contributed by atoms with Crippen LogP contribution >= 0.6 is 0 Å². The third kappa shape index (κ3) is 4.99. The number of likely N-dealkylation sites (tertiary alicyclic amines) is 1. The van der Waals surface area contributed by atoms with Crippen LogP contribution in [0.5, 0.6) is 0 Å². The molecule has 0 N–H and O–H groups in total. The van der Waals surface area contributed by atoms with E-state index in [9.17, 15) is 0 Å². The van der Waals surface area contributed by atoms with E-state index in [0.29, 0.717) is 5.41 Å². The van der Waals surface area contributed by atoms with Gasteiger partial charge in [-0.3, -0.25) is 0 Å². The maximum Gasteiger partial charge on any atom is 0.000979 e. The van der Waals surface area contributed by atoms with E-state index in [4.69, 9.17) is 0 Å². The molecule has 1 heterocycles. The van der Waals surface area contributed by atoms with Crippen molar-refractivity contribution in [3.63, 3.8) is 0 Å². The average molecular weight is 259 g/mol. The molecule has 0 bridgehead atoms. The van der Waals surface area contributed by atoms with E-state index in [0.717, 1.165) is 5.92 Å². The molecule has 0 spiro atoms. The van der Waals surface area contributed by atoms with Crippen LogP contribution in [0.3, 0.4) is 0 Å². The molecular weight excluding hydrogens is 230 g/mol. The van der Waals surface area contributed by atoms with Gasteiger partial charge in [-0.15, -0.1) is 0 Å². The lowest BCUT2D eigenvalue weighted by Crippen LogP contribution is -2.32. The van der Waals surface area contributed by atoms with Gasteiger partial charge in [0.05, 0.1) is 0 Å². The summed E-state index contributed by atoms with van der Waals surface area (Å²) >= 11 is 0. The Morgan fingerprint density at radius 3 is 2.32 bits per heavy atom. The number of benzene rings is 1. The van der Waals surface area contributed by atoms with Crippen LogP contribution in [0.2, 0.25) is 0 Å². The van der Waals surface area contributed by atoms with Crippen molar-refractivity contribution in [1.82, 2.24) is 4.90 Å². The van der Waals surface area contributed by atoms with Crippen molar-refractivity contribution in [2.45, 2.75) is 46.5 Å². The first-order valence-electron chi connectivity index (χ1n) is 7.69. The van der Waals surface area contributed by atoms with E-state index in [1.54, 1.807) is 0 Å². The van der Waals surface area contributed by atoms with E-state index >= 15 is 0 Å². The van der Waals surface area contributed by atoms with Crippen LogP contribution in [0.4, 0.5) is 0 Å². The molecule has 1 fully saturated rings. The third-order valence-corrected chi connectivity index (χ3v) is 4.00. The molecule has 1 unspecified atom stereocenters. The van der Waals surface area contributed by atoms with Gasteiger partial charge < -0.3 is 4.90 Å². The predicted octanol–water partition coefficient (Wildman–Crippen LogP) is 4.16. The number of hydrogen-bond acceptors (Lipinski definition) is 1. The Bertz CT molecular complexity index is 385. The zero-order valence-electron chi connectivity index (χ0n) is 13.1. The monoisotopic (exact) mass is 259 g/mol. The topological polar surface area (TPSA) is 3.24 Å². The summed E-state index contributed by atoms with van der Waals surface area (Å²) in [6, 6.07) is 9.34. The Kier molecular flexibility index (Phi) is 4.67. The smallest absolute Gasteiger partial charge is 0.000979 e. The summed E-state index contributed by atoms with van der Waals surface area (Å²) in [5.41, 5.74) is 3.36. The number of rotatable bonds is 3. The highest BCUT2D eigenvalue weighted by molar-refractivity contribution is 5.23. The highest BCUT2D eigenvalue weighted by Gasteiger charge is 2.17. The Morgan fingerprint density at radius 1 is 1.11 bits per heavy atom. The molecule has 1 saturated heterocycles. The molecular formula is C18H29N. The minimum absolute atomic E-state index is 0.383. The maximum atomic E-state index is 2.47. The second kappa shape index (κ2) is 6.09. The highest BCUT2D eigenvalue weighted by atomic mass is 15.1. The van der Waals surface area contributed by atoms with E-state index in [1.165, 1.54) is 49.9 Å². The molecule has 1 aliphatic rings. The lowest BCUT2D eigenvalue weighted by atomic mass is 9.87. The Labute approximate surface area is 119 Å². The van der Waals surface area contributed by atoms with Gasteiger partial charge in [0.25, 0.3) is 0 Å². The Balaban J connectivity index is 1.91. The molecule has 0 aromatic heterocycles. The Morgan fingerprint density at radius 2 is 1.74 bits per heavy atom. The van der Waals surface area contributed by atoms with Gasteiger partial charge in [-0.25, -0.2) is 0 Å². The van der Waals surface area contributed by atoms with Crippen LogP contribution < -0.4 is 0 Å². The van der Waals surface area contributed by atoms with Crippen LogP contribution in [-0.2, 0) is 12.8 Å². The fraction of sp³-hybridized carbons (Fsp3) is 0.667. The van der Waals surface area contributed by atoms with Crippen molar-refractivity contribution >= 4 is 0 Å². The van der Waals surface area contributed by atoms with Gasteiger partial charge in [-0.2, -0.15) is 0 Å². The van der Waals surface area contributed by atoms with Gasteiger partial charge in [0, 0.05) is 6.54 Å². The second-order valence-electron chi connectivity index (χ2n) is 7.53. The molecule has 0 saturated carbocycles. The molecule has 1 nitrogen and oxygen atoms in total. The largest absolute Gasteiger partial charge is 0.306 e. The van der Waals surface area contributed by atoms with Gasteiger partial charge >= 0.3 is 0 Å². The molecule has 0 aliphatic carbocycles. The molecule has 0 radical (unpaired) electrons. The number of nitrogens with zero attached hydrogens (tertiary/aromatic N) is 1. The quantitative estimate of drug-likeness (QED) is 0.788. The first-order valence-corrected chi connectivity index (χ1v) is 7.69. The van der Waals surface area contributed by atoms with Crippen molar-refractivity contribution in [2.75, 3.05) is 20.1 Å². The molecule has 1 aromatic carbocycles. The summed E-state index contributed by atoms with van der Waals surface area (Å²) in [5, 5.41) is 0. The molecule has 19 heavy (non-hydrogen) atoms. The minimum Gasteiger partial charge on any atom is -0.306 e. The molecule has 1 atom stereocenters.